The van der Waals surface area contributed by atoms with Crippen molar-refractivity contribution in [3.05, 3.63) is 0 Å². The van der Waals surface area contributed by atoms with Crippen molar-refractivity contribution in [2.45, 2.75) is 0 Å². The third kappa shape index (κ3) is 8.86. The van der Waals surface area contributed by atoms with Crippen LogP contribution in [0.15, 0.2) is 0 Å². The molecule has 0 spiro atoms. The van der Waals surface area contributed by atoms with Crippen LogP contribution in [0.3, 0.4) is 0 Å². The Morgan fingerprint density at radius 3 is 1.00 bits per heavy atom. The van der Waals surface area contributed by atoms with Crippen molar-refractivity contribution in [1.29, 1.82) is 0 Å². The van der Waals surface area contributed by atoms with E-state index in [0.717, 1.165) is 0 Å². The van der Waals surface area contributed by atoms with Gasteiger partial charge < -0.3 is 0 Å². The third-order valence-corrected chi connectivity index (χ3v) is 0. The molecule has 4 radical (unpaired) electrons. The smallest absolute Gasteiger partial charge is 0 e. The molecule has 0 aliphatic rings. The average molecular weight is 403 g/mol. The molecule has 0 N–H and O–H groups in total. The first-order valence-electron chi connectivity index (χ1n) is 0. The van der Waals surface area contributed by atoms with Gasteiger partial charge >= 0.3 is 42.8 Å². The van der Waals surface area contributed by atoms with E-state index < -0.39 is 0 Å². The maximum Gasteiger partial charge on any atom is 0 e. The molecule has 0 rings (SSSR count). The van der Waals surface area contributed by atoms with Gasteiger partial charge in [-0.1, -0.05) is 0 Å². The van der Waals surface area contributed by atoms with E-state index in [4.69, 9.17) is 0 Å². The Morgan fingerprint density at radius 1 is 1.00 bits per heavy atom. The molecule has 0 saturated heterocycles. The fraction of sp³-hybridized carbons (Fsp3) is 0. The number of hydrogen-bond donors (Lipinski definition) is 0. The van der Waals surface area contributed by atoms with Gasteiger partial charge in [0.2, 0.25) is 0 Å². The normalized spacial score (nSPS) is 0. The Bertz CT molecular complexity index is 8.00. The van der Waals surface area contributed by atoms with Crippen LogP contribution in [0.2, 0.25) is 0 Å². The maximum absolute atomic E-state index is 0. The van der Waals surface area contributed by atoms with E-state index in [-0.39, 0.29) is 87.5 Å². The van der Waals surface area contributed by atoms with Gasteiger partial charge in [-0.25, -0.2) is 0 Å². The van der Waals surface area contributed by atoms with Crippen molar-refractivity contribution in [3.8, 4) is 0 Å². The van der Waals surface area contributed by atoms with Crippen molar-refractivity contribution in [3.63, 3.8) is 0 Å². The molecule has 18 valence electrons. The summed E-state index contributed by atoms with van der Waals surface area (Å²) < 4.78 is 0. The van der Waals surface area contributed by atoms with E-state index in [1.807, 2.05) is 0 Å². The zero-order chi connectivity index (χ0) is 0. The van der Waals surface area contributed by atoms with E-state index in [1.54, 1.807) is 0 Å². The second-order valence-electron chi connectivity index (χ2n) is 0. The summed E-state index contributed by atoms with van der Waals surface area (Å²) >= 11 is 0. The molecular weight excluding hydrogens is 400 g/mol. The Labute approximate surface area is 86.0 Å². The monoisotopic (exact) mass is 404 g/mol. The average Bonchev–Trinajstić information content (AvgIpc) is 0. The summed E-state index contributed by atoms with van der Waals surface area (Å²) in [6, 6.07) is 0. The minimum Gasteiger partial charge on any atom is 0 e. The molecular formula is H3LiNbSnTa. The fourth-order valence-corrected chi connectivity index (χ4v) is 0. The molecule has 0 amide bonds. The maximum atomic E-state index is 0. The molecule has 4 heavy (non-hydrogen) atoms. The molecule has 0 atom stereocenters. The molecule has 0 fully saturated rings. The van der Waals surface area contributed by atoms with Gasteiger partial charge in [-0.2, -0.15) is 0 Å². The number of rotatable bonds is 0. The Kier molecular flexibility index (Phi) is 121. The van der Waals surface area contributed by atoms with Gasteiger partial charge in [0, 0.05) is 44.8 Å². The first-order chi connectivity index (χ1) is 0. The van der Waals surface area contributed by atoms with Crippen molar-refractivity contribution in [1.82, 2.24) is 0 Å². The van der Waals surface area contributed by atoms with Crippen LogP contribution in [0.25, 0.3) is 0 Å². The predicted molar refractivity (Wildman–Crippen MR) is 15.7 cm³/mol. The van der Waals surface area contributed by atoms with Gasteiger partial charge in [-0.05, 0) is 0 Å². The Morgan fingerprint density at radius 2 is 1.00 bits per heavy atom. The quantitative estimate of drug-likeness (QED) is 0.430. The second-order valence-corrected chi connectivity index (χ2v) is 0. The molecule has 0 aliphatic heterocycles. The summed E-state index contributed by atoms with van der Waals surface area (Å²) in [6.45, 7) is 0. The van der Waals surface area contributed by atoms with E-state index >= 15 is 0 Å². The first-order valence-corrected chi connectivity index (χ1v) is 0. The zero-order valence-electron chi connectivity index (χ0n) is 1.60. The fourth-order valence-electron chi connectivity index (χ4n) is 0. The van der Waals surface area contributed by atoms with Gasteiger partial charge in [0.05, 0.1) is 0 Å². The topological polar surface area (TPSA) is 0 Å². The molecule has 0 saturated carbocycles. The molecule has 4 heteroatoms. The minimum absolute atomic E-state index is 0. The van der Waals surface area contributed by atoms with Crippen LogP contribution < -0.4 is 0 Å². The van der Waals surface area contributed by atoms with Gasteiger partial charge in [-0.15, -0.1) is 0 Å². The van der Waals surface area contributed by atoms with E-state index in [1.165, 1.54) is 0 Å². The summed E-state index contributed by atoms with van der Waals surface area (Å²) in [5.41, 5.74) is 0. The van der Waals surface area contributed by atoms with Crippen LogP contribution in [-0.2, 0) is 44.8 Å². The second kappa shape index (κ2) is 16.9. The van der Waals surface area contributed by atoms with Crippen LogP contribution in [-0.4, -0.2) is 42.8 Å². The van der Waals surface area contributed by atoms with E-state index in [0.29, 0.717) is 0 Å². The zero-order valence-corrected chi connectivity index (χ0v) is 11.0. The molecule has 0 unspecified atom stereocenters. The van der Waals surface area contributed by atoms with Gasteiger partial charge in [-0.3, -0.25) is 0 Å². The minimum atomic E-state index is 0. The predicted octanol–water partition coefficient (Wildman–Crippen LogP) is -1.57. The Balaban J connectivity index is 0. The van der Waals surface area contributed by atoms with Crippen molar-refractivity contribution >= 4 is 42.8 Å². The summed E-state index contributed by atoms with van der Waals surface area (Å²) in [5.74, 6) is 0. The standard InChI is InChI=1S/Li.Nb.Sn.Ta.3H. The molecule has 0 aromatic heterocycles. The van der Waals surface area contributed by atoms with Crippen molar-refractivity contribution in [2.75, 3.05) is 0 Å². The van der Waals surface area contributed by atoms with E-state index in [2.05, 4.69) is 0 Å². The molecule has 0 aliphatic carbocycles. The number of hydrogen-bond acceptors (Lipinski definition) is 0. The molecule has 0 nitrogen and oxygen atoms in total. The van der Waals surface area contributed by atoms with Crippen molar-refractivity contribution in [2.24, 2.45) is 0 Å². The van der Waals surface area contributed by atoms with E-state index in [9.17, 15) is 0 Å². The van der Waals surface area contributed by atoms with Gasteiger partial charge in [0.1, 0.15) is 0 Å². The van der Waals surface area contributed by atoms with Crippen LogP contribution in [0, 0.1) is 0 Å². The molecule has 0 aromatic rings. The van der Waals surface area contributed by atoms with Crippen LogP contribution in [0.4, 0.5) is 0 Å². The largest absolute Gasteiger partial charge is 0 e. The van der Waals surface area contributed by atoms with Crippen LogP contribution in [0.1, 0.15) is 0 Å². The Hall–Kier alpha value is 2.88. The summed E-state index contributed by atoms with van der Waals surface area (Å²) in [5, 5.41) is 0. The van der Waals surface area contributed by atoms with Gasteiger partial charge in [0.15, 0.2) is 0 Å². The molecule has 0 aromatic carbocycles. The SMILES string of the molecule is [LiH].[Nb].[SnH2].[Ta]. The summed E-state index contributed by atoms with van der Waals surface area (Å²) in [6.07, 6.45) is 0. The first kappa shape index (κ1) is 28.7. The van der Waals surface area contributed by atoms with Crippen LogP contribution >= 0.6 is 0 Å². The summed E-state index contributed by atoms with van der Waals surface area (Å²) in [4.78, 5) is 0. The third-order valence-electron chi connectivity index (χ3n) is 0. The van der Waals surface area contributed by atoms with Crippen LogP contribution in [0.5, 0.6) is 0 Å². The molecule has 0 heterocycles. The van der Waals surface area contributed by atoms with Gasteiger partial charge in [0.25, 0.3) is 0 Å². The molecule has 0 bridgehead atoms. The summed E-state index contributed by atoms with van der Waals surface area (Å²) in [7, 11) is 0. The van der Waals surface area contributed by atoms with Crippen molar-refractivity contribution < 1.29 is 44.8 Å².